The Balaban J connectivity index is 0.00000121. The van der Waals surface area contributed by atoms with E-state index in [0.29, 0.717) is 0 Å². The van der Waals surface area contributed by atoms with Gasteiger partial charge in [0.15, 0.2) is 0 Å². The average molecular weight is 441 g/mol. The molecule has 0 saturated heterocycles. The van der Waals surface area contributed by atoms with Gasteiger partial charge in [-0.15, -0.1) is 11.3 Å². The van der Waals surface area contributed by atoms with Gasteiger partial charge >= 0.3 is 0 Å². The summed E-state index contributed by atoms with van der Waals surface area (Å²) in [6.07, 6.45) is 0. The first-order valence-corrected chi connectivity index (χ1v) is 6.62. The molecule has 2 aromatic rings. The van der Waals surface area contributed by atoms with Gasteiger partial charge in [0.1, 0.15) is 0 Å². The van der Waals surface area contributed by atoms with Crippen LogP contribution in [0.1, 0.15) is 25.0 Å². The molecule has 2 aromatic carbocycles. The number of nitrogens with zero attached hydrogens (tertiary/aromatic N) is 2. The number of hydrogen-bond acceptors (Lipinski definition) is 2. The van der Waals surface area contributed by atoms with Gasteiger partial charge in [0.05, 0.1) is 0 Å². The number of benzene rings is 2. The molecule has 0 spiro atoms. The molecule has 20 heavy (non-hydrogen) atoms. The maximum atomic E-state index is 3.41. The first-order chi connectivity index (χ1) is 9.10. The van der Waals surface area contributed by atoms with Gasteiger partial charge in [-0.1, -0.05) is 26.0 Å². The van der Waals surface area contributed by atoms with Crippen LogP contribution in [0.25, 0.3) is 0 Å². The van der Waals surface area contributed by atoms with Crippen LogP contribution in [0.15, 0.2) is 36.4 Å². The van der Waals surface area contributed by atoms with Crippen molar-refractivity contribution in [1.29, 1.82) is 0 Å². The maximum absolute atomic E-state index is 3.41. The molecule has 3 heteroatoms. The molecule has 2 aliphatic heterocycles. The van der Waals surface area contributed by atoms with Gasteiger partial charge in [-0.25, -0.2) is 0 Å². The Morgan fingerprint density at radius 1 is 1.10 bits per heavy atom. The molecule has 0 aromatic heterocycles. The normalized spacial score (nSPS) is 17.4. The third-order valence-electron chi connectivity index (χ3n) is 4.35. The topological polar surface area (TPSA) is 6.48 Å². The Morgan fingerprint density at radius 2 is 1.85 bits per heavy atom. The largest absolute Gasteiger partial charge is 0.504 e. The monoisotopic (exact) mass is 441 g/mol. The number of rotatable bonds is 0. The summed E-state index contributed by atoms with van der Waals surface area (Å²) in [5.41, 5.74) is 6.51. The molecule has 0 N–H and O–H groups in total. The van der Waals surface area contributed by atoms with Crippen LogP contribution >= 0.6 is 0 Å². The minimum atomic E-state index is 0. The summed E-state index contributed by atoms with van der Waals surface area (Å²) in [5.74, 6) is 0. The molecule has 2 nitrogen and oxygen atoms in total. The standard InChI is InChI=1S/C17H16N2.Ir/c1-17(2)12-7-4-5-9-14(12)19-11-18(3)15-10-6-8-13(17)16(15)19;/h4-8,10-11H,1-3H3;/q-2;. The SMILES string of the molecule is CN1[CH-]N2c3[c-]cccc3C(C)(C)c3cccc1c32.[Ir]. The molecule has 4 rings (SSSR count). The molecule has 0 atom stereocenters. The number of fused-ring (bicyclic) bond motifs is 2. The van der Waals surface area contributed by atoms with E-state index in [1.165, 1.54) is 28.2 Å². The summed E-state index contributed by atoms with van der Waals surface area (Å²) in [6.45, 7) is 6.74. The van der Waals surface area contributed by atoms with E-state index in [4.69, 9.17) is 0 Å². The predicted molar refractivity (Wildman–Crippen MR) is 78.7 cm³/mol. The molecule has 0 bridgehead atoms. The quantitative estimate of drug-likeness (QED) is 0.575. The van der Waals surface area contributed by atoms with Crippen LogP contribution in [0.3, 0.4) is 0 Å². The summed E-state index contributed by atoms with van der Waals surface area (Å²) in [7, 11) is 2.10. The number of anilines is 3. The smallest absolute Gasteiger partial charge is 0.0357 e. The van der Waals surface area contributed by atoms with E-state index in [1.54, 1.807) is 0 Å². The van der Waals surface area contributed by atoms with Crippen LogP contribution in [0, 0.1) is 12.7 Å². The molecule has 0 saturated carbocycles. The van der Waals surface area contributed by atoms with Crippen LogP contribution in [-0.2, 0) is 25.5 Å². The summed E-state index contributed by atoms with van der Waals surface area (Å²) in [4.78, 5) is 4.45. The van der Waals surface area contributed by atoms with Crippen molar-refractivity contribution in [3.8, 4) is 0 Å². The Bertz CT molecular complexity index is 678. The Morgan fingerprint density at radius 3 is 2.65 bits per heavy atom. The van der Waals surface area contributed by atoms with Crippen molar-refractivity contribution in [3.05, 3.63) is 60.3 Å². The van der Waals surface area contributed by atoms with Gasteiger partial charge in [-0.2, -0.15) is 30.9 Å². The zero-order valence-electron chi connectivity index (χ0n) is 11.8. The van der Waals surface area contributed by atoms with Gasteiger partial charge in [0, 0.05) is 31.5 Å². The molecule has 0 unspecified atom stereocenters. The van der Waals surface area contributed by atoms with Crippen molar-refractivity contribution in [3.63, 3.8) is 0 Å². The Kier molecular flexibility index (Phi) is 2.97. The minimum Gasteiger partial charge on any atom is -0.504 e. The van der Waals surface area contributed by atoms with Gasteiger partial charge in [-0.3, -0.25) is 0 Å². The molecule has 2 aliphatic rings. The molecule has 2 heterocycles. The van der Waals surface area contributed by atoms with E-state index in [-0.39, 0.29) is 25.5 Å². The van der Waals surface area contributed by atoms with Crippen LogP contribution in [0.4, 0.5) is 17.1 Å². The number of para-hydroxylation sites is 2. The van der Waals surface area contributed by atoms with Gasteiger partial charge in [-0.05, 0) is 24.1 Å². The van der Waals surface area contributed by atoms with E-state index in [0.717, 1.165) is 0 Å². The second kappa shape index (κ2) is 4.34. The summed E-state index contributed by atoms with van der Waals surface area (Å²) < 4.78 is 0. The van der Waals surface area contributed by atoms with Crippen molar-refractivity contribution in [1.82, 2.24) is 0 Å². The van der Waals surface area contributed by atoms with E-state index in [2.05, 4.69) is 73.8 Å². The van der Waals surface area contributed by atoms with Gasteiger partial charge < -0.3 is 9.80 Å². The predicted octanol–water partition coefficient (Wildman–Crippen LogP) is 3.83. The summed E-state index contributed by atoms with van der Waals surface area (Å²) in [5, 5.41) is 0. The van der Waals surface area contributed by atoms with Gasteiger partial charge in [0.25, 0.3) is 0 Å². The zero-order valence-corrected chi connectivity index (χ0v) is 14.2. The van der Waals surface area contributed by atoms with Crippen molar-refractivity contribution in [2.75, 3.05) is 16.8 Å². The van der Waals surface area contributed by atoms with Crippen molar-refractivity contribution in [2.45, 2.75) is 19.3 Å². The van der Waals surface area contributed by atoms with Crippen molar-refractivity contribution >= 4 is 17.1 Å². The Hall–Kier alpha value is -1.31. The summed E-state index contributed by atoms with van der Waals surface area (Å²) >= 11 is 0. The molecule has 0 fully saturated rings. The van der Waals surface area contributed by atoms with Crippen LogP contribution in [0.5, 0.6) is 0 Å². The fourth-order valence-electron chi connectivity index (χ4n) is 3.31. The van der Waals surface area contributed by atoms with E-state index in [9.17, 15) is 0 Å². The molecule has 1 radical (unpaired) electrons. The molecular formula is C17H16IrN2-2. The fourth-order valence-corrected chi connectivity index (χ4v) is 3.31. The minimum absolute atomic E-state index is 0. The van der Waals surface area contributed by atoms with E-state index < -0.39 is 0 Å². The van der Waals surface area contributed by atoms with E-state index in [1.807, 2.05) is 6.07 Å². The first kappa shape index (κ1) is 13.7. The number of hydrogen-bond donors (Lipinski definition) is 0. The molecule has 0 aliphatic carbocycles. The average Bonchev–Trinajstić information content (AvgIpc) is 2.75. The van der Waals surface area contributed by atoms with E-state index >= 15 is 0 Å². The van der Waals surface area contributed by atoms with Gasteiger partial charge in [0.2, 0.25) is 0 Å². The Labute approximate surface area is 133 Å². The summed E-state index contributed by atoms with van der Waals surface area (Å²) in [6, 6.07) is 16.3. The second-order valence-corrected chi connectivity index (χ2v) is 5.83. The van der Waals surface area contributed by atoms with Crippen LogP contribution < -0.4 is 9.80 Å². The first-order valence-electron chi connectivity index (χ1n) is 6.62. The van der Waals surface area contributed by atoms with Crippen LogP contribution in [-0.4, -0.2) is 7.05 Å². The molecular weight excluding hydrogens is 424 g/mol. The maximum Gasteiger partial charge on any atom is 0.0357 e. The van der Waals surface area contributed by atoms with Crippen molar-refractivity contribution in [2.24, 2.45) is 0 Å². The zero-order chi connectivity index (χ0) is 13.2. The fraction of sp³-hybridized carbons (Fsp3) is 0.235. The third kappa shape index (κ3) is 1.54. The van der Waals surface area contributed by atoms with Crippen molar-refractivity contribution < 1.29 is 20.1 Å². The van der Waals surface area contributed by atoms with Crippen LogP contribution in [0.2, 0.25) is 0 Å². The molecule has 0 amide bonds. The molecule has 105 valence electrons. The third-order valence-corrected chi connectivity index (χ3v) is 4.35. The second-order valence-electron chi connectivity index (χ2n) is 5.83.